The normalized spacial score (nSPS) is 11.0. The standard InChI is InChI=1S/C14H14N4/c1-3-13-15-8-9-18(13)14-12-7-5-4-6-11(12)10(2)16-17-14/h4-9H,3H2,1-2H3. The lowest BCUT2D eigenvalue weighted by Gasteiger charge is -2.09. The Morgan fingerprint density at radius 2 is 1.89 bits per heavy atom. The van der Waals surface area contributed by atoms with Crippen molar-refractivity contribution in [3.63, 3.8) is 0 Å². The lowest BCUT2D eigenvalue weighted by molar-refractivity contribution is 0.842. The molecular weight excluding hydrogens is 224 g/mol. The second kappa shape index (κ2) is 4.22. The summed E-state index contributed by atoms with van der Waals surface area (Å²) < 4.78 is 2.01. The second-order valence-electron chi connectivity index (χ2n) is 4.22. The Kier molecular flexibility index (Phi) is 2.55. The molecule has 2 heterocycles. The van der Waals surface area contributed by atoms with Crippen LogP contribution < -0.4 is 0 Å². The van der Waals surface area contributed by atoms with Crippen molar-refractivity contribution in [2.75, 3.05) is 0 Å². The highest BCUT2D eigenvalue weighted by Crippen LogP contribution is 2.22. The van der Waals surface area contributed by atoms with E-state index in [2.05, 4.69) is 34.2 Å². The molecule has 0 aliphatic heterocycles. The van der Waals surface area contributed by atoms with Gasteiger partial charge in [-0.2, -0.15) is 5.10 Å². The van der Waals surface area contributed by atoms with Crippen molar-refractivity contribution in [3.8, 4) is 5.82 Å². The van der Waals surface area contributed by atoms with Gasteiger partial charge in [0.1, 0.15) is 5.82 Å². The molecule has 0 fully saturated rings. The summed E-state index contributed by atoms with van der Waals surface area (Å²) in [6.45, 7) is 4.07. The number of rotatable bonds is 2. The van der Waals surface area contributed by atoms with E-state index in [0.29, 0.717) is 0 Å². The highest BCUT2D eigenvalue weighted by Gasteiger charge is 2.10. The molecule has 0 unspecified atom stereocenters. The quantitative estimate of drug-likeness (QED) is 0.689. The third-order valence-corrected chi connectivity index (χ3v) is 3.11. The molecule has 2 aromatic heterocycles. The van der Waals surface area contributed by atoms with Crippen LogP contribution in [-0.4, -0.2) is 19.7 Å². The van der Waals surface area contributed by atoms with E-state index in [9.17, 15) is 0 Å². The van der Waals surface area contributed by atoms with Crippen molar-refractivity contribution in [3.05, 3.63) is 48.2 Å². The van der Waals surface area contributed by atoms with E-state index in [1.54, 1.807) is 6.20 Å². The molecule has 0 atom stereocenters. The van der Waals surface area contributed by atoms with E-state index in [1.807, 2.05) is 29.8 Å². The van der Waals surface area contributed by atoms with E-state index < -0.39 is 0 Å². The van der Waals surface area contributed by atoms with Crippen molar-refractivity contribution in [2.24, 2.45) is 0 Å². The van der Waals surface area contributed by atoms with E-state index >= 15 is 0 Å². The van der Waals surface area contributed by atoms with Crippen LogP contribution in [0.1, 0.15) is 18.4 Å². The first-order valence-electron chi connectivity index (χ1n) is 6.06. The lowest BCUT2D eigenvalue weighted by Crippen LogP contribution is -2.04. The monoisotopic (exact) mass is 238 g/mol. The molecule has 0 aliphatic rings. The average molecular weight is 238 g/mol. The van der Waals surface area contributed by atoms with Gasteiger partial charge in [-0.05, 0) is 6.92 Å². The zero-order chi connectivity index (χ0) is 12.5. The largest absolute Gasteiger partial charge is 0.286 e. The van der Waals surface area contributed by atoms with Crippen LogP contribution in [0.3, 0.4) is 0 Å². The highest BCUT2D eigenvalue weighted by atomic mass is 15.2. The van der Waals surface area contributed by atoms with Crippen LogP contribution in [0.2, 0.25) is 0 Å². The fraction of sp³-hybridized carbons (Fsp3) is 0.214. The molecule has 0 spiro atoms. The SMILES string of the molecule is CCc1nccn1-c1nnc(C)c2ccccc12. The Hall–Kier alpha value is -2.23. The summed E-state index contributed by atoms with van der Waals surface area (Å²) in [5, 5.41) is 10.8. The van der Waals surface area contributed by atoms with Crippen LogP contribution in [-0.2, 0) is 6.42 Å². The van der Waals surface area contributed by atoms with Crippen LogP contribution in [0.15, 0.2) is 36.7 Å². The molecule has 90 valence electrons. The molecule has 0 aliphatic carbocycles. The number of hydrogen-bond donors (Lipinski definition) is 0. The van der Waals surface area contributed by atoms with E-state index in [4.69, 9.17) is 0 Å². The van der Waals surface area contributed by atoms with Gasteiger partial charge in [0.05, 0.1) is 5.69 Å². The predicted molar refractivity (Wildman–Crippen MR) is 70.8 cm³/mol. The summed E-state index contributed by atoms with van der Waals surface area (Å²) in [5.41, 5.74) is 0.951. The summed E-state index contributed by atoms with van der Waals surface area (Å²) >= 11 is 0. The van der Waals surface area contributed by atoms with Gasteiger partial charge in [-0.25, -0.2) is 4.98 Å². The van der Waals surface area contributed by atoms with Gasteiger partial charge < -0.3 is 0 Å². The van der Waals surface area contributed by atoms with Gasteiger partial charge in [0, 0.05) is 29.6 Å². The number of benzene rings is 1. The summed E-state index contributed by atoms with van der Waals surface area (Å²) in [7, 11) is 0. The van der Waals surface area contributed by atoms with Gasteiger partial charge in [0.15, 0.2) is 5.82 Å². The van der Waals surface area contributed by atoms with E-state index in [0.717, 1.165) is 34.5 Å². The summed E-state index contributed by atoms with van der Waals surface area (Å²) in [6, 6.07) is 8.20. The lowest BCUT2D eigenvalue weighted by atomic mass is 10.1. The van der Waals surface area contributed by atoms with E-state index in [1.165, 1.54) is 0 Å². The van der Waals surface area contributed by atoms with Crippen LogP contribution in [0.4, 0.5) is 0 Å². The number of imidazole rings is 1. The highest BCUT2D eigenvalue weighted by molar-refractivity contribution is 5.89. The molecule has 0 saturated carbocycles. The number of fused-ring (bicyclic) bond motifs is 1. The van der Waals surface area contributed by atoms with Crippen molar-refractivity contribution >= 4 is 10.8 Å². The molecule has 18 heavy (non-hydrogen) atoms. The molecule has 3 rings (SSSR count). The van der Waals surface area contributed by atoms with Crippen molar-refractivity contribution in [1.82, 2.24) is 19.7 Å². The first-order chi connectivity index (χ1) is 8.81. The third-order valence-electron chi connectivity index (χ3n) is 3.11. The average Bonchev–Trinajstić information content (AvgIpc) is 2.88. The molecule has 1 aromatic carbocycles. The van der Waals surface area contributed by atoms with Gasteiger partial charge in [0.2, 0.25) is 0 Å². The van der Waals surface area contributed by atoms with E-state index in [-0.39, 0.29) is 0 Å². The molecular formula is C14H14N4. The Morgan fingerprint density at radius 1 is 1.11 bits per heavy atom. The maximum absolute atomic E-state index is 4.34. The van der Waals surface area contributed by atoms with Gasteiger partial charge in [0.25, 0.3) is 0 Å². The number of aromatic nitrogens is 4. The Labute approximate surface area is 105 Å². The summed E-state index contributed by atoms with van der Waals surface area (Å²) in [5.74, 6) is 1.85. The number of aryl methyl sites for hydroxylation is 2. The molecule has 3 aromatic rings. The first-order valence-corrected chi connectivity index (χ1v) is 6.06. The topological polar surface area (TPSA) is 43.6 Å². The number of hydrogen-bond acceptors (Lipinski definition) is 3. The smallest absolute Gasteiger partial charge is 0.168 e. The zero-order valence-corrected chi connectivity index (χ0v) is 10.5. The molecule has 0 saturated heterocycles. The van der Waals surface area contributed by atoms with Gasteiger partial charge in [-0.1, -0.05) is 31.2 Å². The van der Waals surface area contributed by atoms with Crippen molar-refractivity contribution < 1.29 is 0 Å². The van der Waals surface area contributed by atoms with Gasteiger partial charge in [-0.15, -0.1) is 5.10 Å². The molecule has 0 N–H and O–H groups in total. The van der Waals surface area contributed by atoms with Gasteiger partial charge >= 0.3 is 0 Å². The van der Waals surface area contributed by atoms with Crippen LogP contribution in [0.25, 0.3) is 16.6 Å². The Bertz CT molecular complexity index is 700. The van der Waals surface area contributed by atoms with Crippen LogP contribution >= 0.6 is 0 Å². The minimum atomic E-state index is 0.852. The Balaban J connectivity index is 2.34. The molecule has 4 nitrogen and oxygen atoms in total. The summed E-state index contributed by atoms with van der Waals surface area (Å²) in [4.78, 5) is 4.34. The fourth-order valence-electron chi connectivity index (χ4n) is 2.19. The second-order valence-corrected chi connectivity index (χ2v) is 4.22. The number of nitrogens with zero attached hydrogens (tertiary/aromatic N) is 4. The zero-order valence-electron chi connectivity index (χ0n) is 10.5. The van der Waals surface area contributed by atoms with Crippen LogP contribution in [0.5, 0.6) is 0 Å². The summed E-state index contributed by atoms with van der Waals surface area (Å²) in [6.07, 6.45) is 4.61. The molecule has 0 radical (unpaired) electrons. The molecule has 0 bridgehead atoms. The maximum Gasteiger partial charge on any atom is 0.168 e. The first kappa shape index (κ1) is 10.9. The fourth-order valence-corrected chi connectivity index (χ4v) is 2.19. The maximum atomic E-state index is 4.34. The third kappa shape index (κ3) is 1.57. The minimum Gasteiger partial charge on any atom is -0.286 e. The van der Waals surface area contributed by atoms with Crippen molar-refractivity contribution in [2.45, 2.75) is 20.3 Å². The minimum absolute atomic E-state index is 0.852. The van der Waals surface area contributed by atoms with Crippen LogP contribution in [0, 0.1) is 6.92 Å². The van der Waals surface area contributed by atoms with Gasteiger partial charge in [-0.3, -0.25) is 4.57 Å². The predicted octanol–water partition coefficient (Wildman–Crippen LogP) is 2.69. The Morgan fingerprint density at radius 3 is 2.67 bits per heavy atom. The molecule has 0 amide bonds. The molecule has 4 heteroatoms. The van der Waals surface area contributed by atoms with Crippen molar-refractivity contribution in [1.29, 1.82) is 0 Å².